The summed E-state index contributed by atoms with van der Waals surface area (Å²) in [6.45, 7) is -0.362. The molecule has 0 bridgehead atoms. The van der Waals surface area contributed by atoms with Gasteiger partial charge in [0.15, 0.2) is 0 Å². The van der Waals surface area contributed by atoms with Gasteiger partial charge in [0.25, 0.3) is 5.91 Å². The maximum absolute atomic E-state index is 12.6. The van der Waals surface area contributed by atoms with E-state index in [-0.39, 0.29) is 11.4 Å². The molecule has 1 unspecified atom stereocenters. The Kier molecular flexibility index (Phi) is 5.32. The molecule has 0 aliphatic rings. The third-order valence-electron chi connectivity index (χ3n) is 2.43. The van der Waals surface area contributed by atoms with E-state index in [1.165, 1.54) is 19.1 Å². The van der Waals surface area contributed by atoms with Crippen molar-refractivity contribution >= 4 is 17.3 Å². The van der Waals surface area contributed by atoms with Crippen LogP contribution in [0.3, 0.4) is 0 Å². The molecule has 0 radical (unpaired) electrons. The van der Waals surface area contributed by atoms with Crippen molar-refractivity contribution in [2.75, 3.05) is 17.7 Å². The Morgan fingerprint density at radius 2 is 2.00 bits per heavy atom. The molecular weight excluding hydrogens is 280 g/mol. The second-order valence-corrected chi connectivity index (χ2v) is 4.09. The number of benzene rings is 1. The van der Waals surface area contributed by atoms with E-state index in [0.717, 1.165) is 0 Å². The van der Waals surface area contributed by atoms with Crippen LogP contribution in [0.4, 0.5) is 28.9 Å². The molecule has 112 valence electrons. The molecular formula is C12H14F4N2O2. The first-order valence-electron chi connectivity index (χ1n) is 5.67. The maximum Gasteiger partial charge on any atom is 0.330 e. The van der Waals surface area contributed by atoms with Gasteiger partial charge in [0.1, 0.15) is 12.7 Å². The smallest absolute Gasteiger partial charge is 0.330 e. The largest absolute Gasteiger partial charge is 0.397 e. The summed E-state index contributed by atoms with van der Waals surface area (Å²) in [4.78, 5) is 11.6. The summed E-state index contributed by atoms with van der Waals surface area (Å²) in [5.74, 6) is -5.05. The fraction of sp³-hybridized carbons (Fsp3) is 0.417. The van der Waals surface area contributed by atoms with Crippen molar-refractivity contribution in [2.24, 2.45) is 0 Å². The SMILES string of the molecule is CC(OCC(F)(F)C(F)F)C(=O)Nc1ccccc1N. The molecule has 0 aliphatic heterocycles. The van der Waals surface area contributed by atoms with E-state index in [4.69, 9.17) is 5.73 Å². The molecule has 4 nitrogen and oxygen atoms in total. The molecule has 0 aliphatic carbocycles. The molecule has 0 saturated heterocycles. The minimum absolute atomic E-state index is 0.283. The second-order valence-electron chi connectivity index (χ2n) is 4.09. The number of hydrogen-bond donors (Lipinski definition) is 2. The standard InChI is InChI=1S/C12H14F4N2O2/c1-7(20-6-12(15,16)11(13)14)10(19)18-9-5-3-2-4-8(9)17/h2-5,7,11H,6,17H2,1H3,(H,18,19). The Morgan fingerprint density at radius 3 is 2.55 bits per heavy atom. The predicted molar refractivity (Wildman–Crippen MR) is 65.8 cm³/mol. The molecule has 0 saturated carbocycles. The maximum atomic E-state index is 12.6. The molecule has 20 heavy (non-hydrogen) atoms. The minimum Gasteiger partial charge on any atom is -0.397 e. The van der Waals surface area contributed by atoms with Gasteiger partial charge in [-0.05, 0) is 19.1 Å². The summed E-state index contributed by atoms with van der Waals surface area (Å²) in [5, 5.41) is 2.35. The summed E-state index contributed by atoms with van der Waals surface area (Å²) in [5.41, 5.74) is 6.15. The summed E-state index contributed by atoms with van der Waals surface area (Å²) in [6, 6.07) is 6.30. The van der Waals surface area contributed by atoms with Crippen molar-refractivity contribution in [3.05, 3.63) is 24.3 Å². The van der Waals surface area contributed by atoms with E-state index >= 15 is 0 Å². The quantitative estimate of drug-likeness (QED) is 0.626. The van der Waals surface area contributed by atoms with E-state index in [9.17, 15) is 22.4 Å². The van der Waals surface area contributed by atoms with Gasteiger partial charge in [-0.2, -0.15) is 8.78 Å². The van der Waals surface area contributed by atoms with Gasteiger partial charge in [-0.15, -0.1) is 0 Å². The number of amides is 1. The van der Waals surface area contributed by atoms with E-state index < -0.39 is 31.0 Å². The van der Waals surface area contributed by atoms with Crippen LogP contribution in [-0.2, 0) is 9.53 Å². The zero-order valence-corrected chi connectivity index (χ0v) is 10.6. The molecule has 1 rings (SSSR count). The van der Waals surface area contributed by atoms with Crippen LogP contribution in [0.15, 0.2) is 24.3 Å². The van der Waals surface area contributed by atoms with Crippen LogP contribution in [0, 0.1) is 0 Å². The molecule has 8 heteroatoms. The van der Waals surface area contributed by atoms with Crippen LogP contribution >= 0.6 is 0 Å². The fourth-order valence-corrected chi connectivity index (χ4v) is 1.22. The molecule has 0 spiro atoms. The first-order chi connectivity index (χ1) is 9.24. The predicted octanol–water partition coefficient (Wildman–Crippen LogP) is 2.51. The van der Waals surface area contributed by atoms with Crippen molar-refractivity contribution in [1.82, 2.24) is 0 Å². The van der Waals surface area contributed by atoms with E-state index in [0.29, 0.717) is 0 Å². The lowest BCUT2D eigenvalue weighted by Crippen LogP contribution is -2.37. The van der Waals surface area contributed by atoms with Crippen LogP contribution in [0.5, 0.6) is 0 Å². The molecule has 3 N–H and O–H groups in total. The van der Waals surface area contributed by atoms with Crippen LogP contribution < -0.4 is 11.1 Å². The summed E-state index contributed by atoms with van der Waals surface area (Å²) in [7, 11) is 0. The van der Waals surface area contributed by atoms with Crippen LogP contribution in [-0.4, -0.2) is 31.0 Å². The third-order valence-corrected chi connectivity index (χ3v) is 2.43. The molecule has 1 amide bonds. The number of nitrogens with two attached hydrogens (primary N) is 1. The summed E-state index contributed by atoms with van der Waals surface area (Å²) < 4.78 is 53.6. The number of nitrogens with one attached hydrogen (secondary N) is 1. The number of ether oxygens (including phenoxy) is 1. The number of alkyl halides is 4. The van der Waals surface area contributed by atoms with E-state index in [1.807, 2.05) is 0 Å². The number of carbonyl (C=O) groups is 1. The molecule has 0 heterocycles. The highest BCUT2D eigenvalue weighted by molar-refractivity contribution is 5.96. The molecule has 0 aromatic heterocycles. The van der Waals surface area contributed by atoms with Gasteiger partial charge in [0.2, 0.25) is 0 Å². The van der Waals surface area contributed by atoms with Gasteiger partial charge in [-0.3, -0.25) is 4.79 Å². The topological polar surface area (TPSA) is 64.3 Å². The van der Waals surface area contributed by atoms with Gasteiger partial charge in [0.05, 0.1) is 11.4 Å². The van der Waals surface area contributed by atoms with Gasteiger partial charge in [0, 0.05) is 0 Å². The van der Waals surface area contributed by atoms with Crippen molar-refractivity contribution < 1.29 is 27.1 Å². The summed E-state index contributed by atoms with van der Waals surface area (Å²) in [6.07, 6.45) is -5.17. The zero-order valence-electron chi connectivity index (χ0n) is 10.6. The highest BCUT2D eigenvalue weighted by atomic mass is 19.3. The Hall–Kier alpha value is -1.83. The van der Waals surface area contributed by atoms with Crippen LogP contribution in [0.25, 0.3) is 0 Å². The van der Waals surface area contributed by atoms with Gasteiger partial charge in [-0.25, -0.2) is 8.78 Å². The number of anilines is 2. The van der Waals surface area contributed by atoms with Crippen molar-refractivity contribution in [1.29, 1.82) is 0 Å². The minimum atomic E-state index is -4.29. The van der Waals surface area contributed by atoms with Crippen molar-refractivity contribution in [3.8, 4) is 0 Å². The Labute approximate surface area is 112 Å². The highest BCUT2D eigenvalue weighted by Gasteiger charge is 2.41. The van der Waals surface area contributed by atoms with Crippen molar-refractivity contribution in [2.45, 2.75) is 25.4 Å². The highest BCUT2D eigenvalue weighted by Crippen LogP contribution is 2.23. The zero-order chi connectivity index (χ0) is 15.3. The van der Waals surface area contributed by atoms with Gasteiger partial charge in [-0.1, -0.05) is 12.1 Å². The molecule has 1 aromatic rings. The number of carbonyl (C=O) groups excluding carboxylic acids is 1. The number of nitrogen functional groups attached to an aromatic ring is 1. The van der Waals surface area contributed by atoms with E-state index in [2.05, 4.69) is 10.1 Å². The van der Waals surface area contributed by atoms with Gasteiger partial charge < -0.3 is 15.8 Å². The van der Waals surface area contributed by atoms with Crippen LogP contribution in [0.1, 0.15) is 6.92 Å². The molecule has 0 fully saturated rings. The lowest BCUT2D eigenvalue weighted by molar-refractivity contribution is -0.176. The number of hydrogen-bond acceptors (Lipinski definition) is 3. The first-order valence-corrected chi connectivity index (χ1v) is 5.67. The Balaban J connectivity index is 2.54. The number of halogens is 4. The number of para-hydroxylation sites is 2. The first kappa shape index (κ1) is 16.2. The lowest BCUT2D eigenvalue weighted by atomic mass is 10.2. The fourth-order valence-electron chi connectivity index (χ4n) is 1.22. The van der Waals surface area contributed by atoms with Crippen LogP contribution in [0.2, 0.25) is 0 Å². The molecule has 1 aromatic carbocycles. The summed E-state index contributed by atoms with van der Waals surface area (Å²) >= 11 is 0. The van der Waals surface area contributed by atoms with Crippen molar-refractivity contribution in [3.63, 3.8) is 0 Å². The number of rotatable bonds is 6. The lowest BCUT2D eigenvalue weighted by Gasteiger charge is -2.19. The second kappa shape index (κ2) is 6.56. The average molecular weight is 294 g/mol. The normalized spacial score (nSPS) is 13.3. The molecule has 1 atom stereocenters. The van der Waals surface area contributed by atoms with E-state index in [1.54, 1.807) is 12.1 Å². The average Bonchev–Trinajstić information content (AvgIpc) is 2.38. The third kappa shape index (κ3) is 4.37. The monoisotopic (exact) mass is 294 g/mol. The Morgan fingerprint density at radius 1 is 1.40 bits per heavy atom. The Bertz CT molecular complexity index is 469. The van der Waals surface area contributed by atoms with Gasteiger partial charge >= 0.3 is 12.3 Å².